The van der Waals surface area contributed by atoms with Crippen molar-refractivity contribution in [3.05, 3.63) is 0 Å². The fourth-order valence-electron chi connectivity index (χ4n) is 1.82. The predicted molar refractivity (Wildman–Crippen MR) is 98.0 cm³/mol. The minimum atomic E-state index is -1.42. The van der Waals surface area contributed by atoms with Crippen LogP contribution in [0.2, 0.25) is 0 Å². The molecule has 0 aromatic carbocycles. The summed E-state index contributed by atoms with van der Waals surface area (Å²) in [6, 6.07) is -3.37. The van der Waals surface area contributed by atoms with Crippen molar-refractivity contribution in [1.29, 1.82) is 0 Å². The fourth-order valence-corrected chi connectivity index (χ4v) is 2.08. The van der Waals surface area contributed by atoms with Gasteiger partial charge in [-0.3, -0.25) is 19.2 Å². The summed E-state index contributed by atoms with van der Waals surface area (Å²) >= 11 is 3.93. The molecule has 11 nitrogen and oxygen atoms in total. The monoisotopic (exact) mass is 406 g/mol. The highest BCUT2D eigenvalue weighted by atomic mass is 32.1. The molecule has 0 heterocycles. The molecule has 0 aliphatic rings. The van der Waals surface area contributed by atoms with Crippen LogP contribution >= 0.6 is 12.6 Å². The van der Waals surface area contributed by atoms with E-state index in [4.69, 9.17) is 15.9 Å². The Morgan fingerprint density at radius 3 is 2.04 bits per heavy atom. The smallest absolute Gasteiger partial charge is 0.326 e. The van der Waals surface area contributed by atoms with E-state index in [0.29, 0.717) is 0 Å². The third-order valence-corrected chi connectivity index (χ3v) is 3.91. The number of aliphatic carboxylic acids is 2. The van der Waals surface area contributed by atoms with Crippen molar-refractivity contribution >= 4 is 42.3 Å². The quantitative estimate of drug-likeness (QED) is 0.180. The molecule has 0 fully saturated rings. The SMILES string of the molecule is CC(C)C(N)C(=O)NCC(=O)NC(CS)C(=O)NC(CCC(=O)O)C(=O)O. The van der Waals surface area contributed by atoms with Gasteiger partial charge in [0.05, 0.1) is 12.6 Å². The number of carbonyl (C=O) groups excluding carboxylic acids is 3. The molecule has 0 aliphatic carbocycles. The fraction of sp³-hybridized carbons (Fsp3) is 0.667. The standard InChI is InChI=1S/C15H26N4O7S/c1-7(2)12(16)14(24)17-5-10(20)18-9(6-27)13(23)19-8(15(25)26)3-4-11(21)22/h7-9,12,27H,3-6,16H2,1-2H3,(H,17,24)(H,18,20)(H,19,23)(H,21,22)(H,25,26). The van der Waals surface area contributed by atoms with Gasteiger partial charge in [0.1, 0.15) is 12.1 Å². The van der Waals surface area contributed by atoms with E-state index < -0.39 is 60.8 Å². The molecule has 3 amide bonds. The van der Waals surface area contributed by atoms with Crippen LogP contribution in [0.5, 0.6) is 0 Å². The Bertz CT molecular complexity index is 570. The number of nitrogens with one attached hydrogen (secondary N) is 3. The Morgan fingerprint density at radius 1 is 1.00 bits per heavy atom. The number of hydrogen-bond acceptors (Lipinski definition) is 7. The maximum Gasteiger partial charge on any atom is 0.326 e. The number of thiol groups is 1. The predicted octanol–water partition coefficient (Wildman–Crippen LogP) is -2.07. The van der Waals surface area contributed by atoms with Gasteiger partial charge in [0, 0.05) is 12.2 Å². The maximum absolute atomic E-state index is 12.1. The second kappa shape index (κ2) is 12.1. The molecule has 0 saturated carbocycles. The summed E-state index contributed by atoms with van der Waals surface area (Å²) in [5, 5.41) is 24.4. The molecule has 0 aromatic rings. The number of hydrogen-bond donors (Lipinski definition) is 7. The van der Waals surface area contributed by atoms with E-state index in [0.717, 1.165) is 0 Å². The molecular formula is C15H26N4O7S. The van der Waals surface area contributed by atoms with Gasteiger partial charge in [-0.15, -0.1) is 0 Å². The Morgan fingerprint density at radius 2 is 1.59 bits per heavy atom. The zero-order valence-corrected chi connectivity index (χ0v) is 16.0. The third kappa shape index (κ3) is 9.80. The van der Waals surface area contributed by atoms with Crippen LogP contribution in [0.15, 0.2) is 0 Å². The van der Waals surface area contributed by atoms with E-state index in [2.05, 4.69) is 28.6 Å². The highest BCUT2D eigenvalue weighted by molar-refractivity contribution is 7.80. The van der Waals surface area contributed by atoms with Gasteiger partial charge in [-0.25, -0.2) is 4.79 Å². The first-order chi connectivity index (χ1) is 12.5. The van der Waals surface area contributed by atoms with E-state index in [1.54, 1.807) is 13.8 Å². The van der Waals surface area contributed by atoms with Crippen molar-refractivity contribution in [3.8, 4) is 0 Å². The van der Waals surface area contributed by atoms with Crippen molar-refractivity contribution in [2.24, 2.45) is 11.7 Å². The number of carboxylic acids is 2. The first kappa shape index (κ1) is 24.7. The van der Waals surface area contributed by atoms with Crippen molar-refractivity contribution in [3.63, 3.8) is 0 Å². The van der Waals surface area contributed by atoms with Crippen molar-refractivity contribution < 1.29 is 34.2 Å². The summed E-state index contributed by atoms with van der Waals surface area (Å²) in [5.41, 5.74) is 5.64. The molecule has 27 heavy (non-hydrogen) atoms. The Balaban J connectivity index is 4.65. The second-order valence-electron chi connectivity index (χ2n) is 6.12. The molecule has 154 valence electrons. The Kier molecular flexibility index (Phi) is 11.1. The summed E-state index contributed by atoms with van der Waals surface area (Å²) in [6.45, 7) is 3.07. The molecule has 0 saturated heterocycles. The van der Waals surface area contributed by atoms with Gasteiger partial charge < -0.3 is 31.9 Å². The van der Waals surface area contributed by atoms with E-state index in [-0.39, 0.29) is 18.1 Å². The molecule has 0 bridgehead atoms. The molecule has 0 rings (SSSR count). The number of carbonyl (C=O) groups is 5. The zero-order valence-electron chi connectivity index (χ0n) is 15.1. The minimum Gasteiger partial charge on any atom is -0.481 e. The topological polar surface area (TPSA) is 188 Å². The van der Waals surface area contributed by atoms with Crippen LogP contribution in [0.3, 0.4) is 0 Å². The van der Waals surface area contributed by atoms with E-state index >= 15 is 0 Å². The van der Waals surface area contributed by atoms with E-state index in [1.807, 2.05) is 0 Å². The Labute approximate surface area is 161 Å². The third-order valence-electron chi connectivity index (χ3n) is 3.54. The van der Waals surface area contributed by atoms with Gasteiger partial charge in [-0.2, -0.15) is 12.6 Å². The summed E-state index contributed by atoms with van der Waals surface area (Å²) in [7, 11) is 0. The van der Waals surface area contributed by atoms with Gasteiger partial charge in [0.25, 0.3) is 0 Å². The van der Waals surface area contributed by atoms with Crippen LogP contribution in [-0.2, 0) is 24.0 Å². The van der Waals surface area contributed by atoms with Gasteiger partial charge >= 0.3 is 11.9 Å². The molecule has 0 spiro atoms. The lowest BCUT2D eigenvalue weighted by molar-refractivity contribution is -0.143. The average Bonchev–Trinajstić information content (AvgIpc) is 2.59. The number of carboxylic acid groups (broad SMARTS) is 2. The van der Waals surface area contributed by atoms with Gasteiger partial charge in [0.15, 0.2) is 0 Å². The lowest BCUT2D eigenvalue weighted by atomic mass is 10.1. The van der Waals surface area contributed by atoms with Gasteiger partial charge in [0.2, 0.25) is 17.7 Å². The Hall–Kier alpha value is -2.34. The van der Waals surface area contributed by atoms with E-state index in [9.17, 15) is 24.0 Å². The first-order valence-electron chi connectivity index (χ1n) is 8.18. The molecule has 7 N–H and O–H groups in total. The number of nitrogens with two attached hydrogens (primary N) is 1. The number of amides is 3. The van der Waals surface area contributed by atoms with Crippen molar-refractivity contribution in [2.45, 2.75) is 44.8 Å². The lowest BCUT2D eigenvalue weighted by Crippen LogP contribution is -2.54. The van der Waals surface area contributed by atoms with Crippen LogP contribution in [0.1, 0.15) is 26.7 Å². The highest BCUT2D eigenvalue weighted by Crippen LogP contribution is 2.00. The van der Waals surface area contributed by atoms with Crippen LogP contribution in [-0.4, -0.2) is 70.3 Å². The maximum atomic E-state index is 12.1. The molecule has 0 radical (unpaired) electrons. The summed E-state index contributed by atoms with van der Waals surface area (Å²) < 4.78 is 0. The second-order valence-corrected chi connectivity index (χ2v) is 6.49. The van der Waals surface area contributed by atoms with Crippen molar-refractivity contribution in [2.75, 3.05) is 12.3 Å². The number of rotatable bonds is 12. The largest absolute Gasteiger partial charge is 0.481 e. The van der Waals surface area contributed by atoms with Crippen molar-refractivity contribution in [1.82, 2.24) is 16.0 Å². The summed E-state index contributed by atoms with van der Waals surface area (Å²) in [6.07, 6.45) is -0.760. The molecular weight excluding hydrogens is 380 g/mol. The van der Waals surface area contributed by atoms with Gasteiger partial charge in [-0.1, -0.05) is 13.8 Å². The van der Waals surface area contributed by atoms with Crippen LogP contribution in [0, 0.1) is 5.92 Å². The summed E-state index contributed by atoms with van der Waals surface area (Å²) in [5.74, 6) is -4.90. The zero-order chi connectivity index (χ0) is 21.1. The molecule has 3 atom stereocenters. The molecule has 0 aromatic heterocycles. The van der Waals surface area contributed by atoms with Crippen LogP contribution in [0.4, 0.5) is 0 Å². The first-order valence-corrected chi connectivity index (χ1v) is 8.81. The lowest BCUT2D eigenvalue weighted by Gasteiger charge is -2.20. The molecule has 12 heteroatoms. The van der Waals surface area contributed by atoms with Crippen LogP contribution < -0.4 is 21.7 Å². The minimum absolute atomic E-state index is 0.122. The average molecular weight is 406 g/mol. The molecule has 0 aliphatic heterocycles. The van der Waals surface area contributed by atoms with Crippen LogP contribution in [0.25, 0.3) is 0 Å². The summed E-state index contributed by atoms with van der Waals surface area (Å²) in [4.78, 5) is 57.3. The normalized spacial score (nSPS) is 14.0. The van der Waals surface area contributed by atoms with E-state index in [1.165, 1.54) is 0 Å². The molecule has 3 unspecified atom stereocenters. The highest BCUT2D eigenvalue weighted by Gasteiger charge is 2.26. The van der Waals surface area contributed by atoms with Gasteiger partial charge in [-0.05, 0) is 12.3 Å².